The Hall–Kier alpha value is -0.860. The van der Waals surface area contributed by atoms with E-state index in [9.17, 15) is 9.59 Å². The predicted molar refractivity (Wildman–Crippen MR) is 38.8 cm³/mol. The van der Waals surface area contributed by atoms with Crippen molar-refractivity contribution in [3.05, 3.63) is 0 Å². The van der Waals surface area contributed by atoms with Gasteiger partial charge in [-0.15, -0.1) is 0 Å². The van der Waals surface area contributed by atoms with Crippen molar-refractivity contribution in [2.75, 3.05) is 7.11 Å². The van der Waals surface area contributed by atoms with E-state index in [0.717, 1.165) is 6.29 Å². The van der Waals surface area contributed by atoms with Crippen molar-refractivity contribution in [1.82, 2.24) is 0 Å². The van der Waals surface area contributed by atoms with Gasteiger partial charge in [0.1, 0.15) is 6.29 Å². The van der Waals surface area contributed by atoms with Crippen LogP contribution in [-0.4, -0.2) is 19.4 Å². The summed E-state index contributed by atoms with van der Waals surface area (Å²) in [7, 11) is 1.35. The SMILES string of the molecule is COC(=O)[C@@H]1[C@H](C)[C@@]1(C)C=O. The molecule has 0 aliphatic heterocycles. The van der Waals surface area contributed by atoms with Crippen LogP contribution in [0.15, 0.2) is 0 Å². The summed E-state index contributed by atoms with van der Waals surface area (Å²) in [5.41, 5.74) is -0.465. The Bertz CT molecular complexity index is 200. The Balaban J connectivity index is 2.67. The summed E-state index contributed by atoms with van der Waals surface area (Å²) in [5, 5.41) is 0. The molecule has 0 aromatic heterocycles. The number of aldehydes is 1. The number of carbonyl (C=O) groups excluding carboxylic acids is 2. The van der Waals surface area contributed by atoms with Gasteiger partial charge in [0.05, 0.1) is 13.0 Å². The molecule has 0 amide bonds. The maximum Gasteiger partial charge on any atom is 0.309 e. The molecule has 0 aromatic rings. The van der Waals surface area contributed by atoms with E-state index in [0.29, 0.717) is 0 Å². The highest BCUT2D eigenvalue weighted by Crippen LogP contribution is 2.57. The second-order valence-corrected chi connectivity index (χ2v) is 3.27. The van der Waals surface area contributed by atoms with Gasteiger partial charge in [-0.3, -0.25) is 4.79 Å². The molecule has 1 saturated carbocycles. The zero-order valence-electron chi connectivity index (χ0n) is 6.96. The van der Waals surface area contributed by atoms with Gasteiger partial charge in [0.25, 0.3) is 0 Å². The third-order valence-corrected chi connectivity index (χ3v) is 2.75. The van der Waals surface area contributed by atoms with Crippen LogP contribution >= 0.6 is 0 Å². The minimum absolute atomic E-state index is 0.132. The first-order chi connectivity index (χ1) is 5.07. The lowest BCUT2D eigenvalue weighted by Crippen LogP contribution is -2.10. The molecule has 0 heterocycles. The lowest BCUT2D eigenvalue weighted by atomic mass is 10.1. The molecule has 1 rings (SSSR count). The van der Waals surface area contributed by atoms with Crippen LogP contribution in [0.1, 0.15) is 13.8 Å². The molecule has 1 aliphatic rings. The third kappa shape index (κ3) is 0.951. The maximum atomic E-state index is 11.0. The van der Waals surface area contributed by atoms with Crippen molar-refractivity contribution >= 4 is 12.3 Å². The molecule has 3 atom stereocenters. The van der Waals surface area contributed by atoms with Gasteiger partial charge in [-0.25, -0.2) is 0 Å². The zero-order chi connectivity index (χ0) is 8.65. The number of hydrogen-bond acceptors (Lipinski definition) is 3. The van der Waals surface area contributed by atoms with Gasteiger partial charge >= 0.3 is 5.97 Å². The van der Waals surface area contributed by atoms with E-state index in [1.807, 2.05) is 6.92 Å². The smallest absolute Gasteiger partial charge is 0.309 e. The highest BCUT2D eigenvalue weighted by atomic mass is 16.5. The summed E-state index contributed by atoms with van der Waals surface area (Å²) in [6, 6.07) is 0. The molecule has 0 aromatic carbocycles. The average Bonchev–Trinajstić information content (AvgIpc) is 2.55. The highest BCUT2D eigenvalue weighted by molar-refractivity contribution is 5.85. The summed E-state index contributed by atoms with van der Waals surface area (Å²) in [6.45, 7) is 3.67. The number of carbonyl (C=O) groups is 2. The Morgan fingerprint density at radius 2 is 2.18 bits per heavy atom. The fourth-order valence-corrected chi connectivity index (χ4v) is 1.52. The molecular formula is C8H12O3. The van der Waals surface area contributed by atoms with Crippen LogP contribution in [-0.2, 0) is 14.3 Å². The number of hydrogen-bond donors (Lipinski definition) is 0. The van der Waals surface area contributed by atoms with Crippen LogP contribution < -0.4 is 0 Å². The van der Waals surface area contributed by atoms with E-state index in [2.05, 4.69) is 4.74 Å². The molecule has 0 saturated heterocycles. The van der Waals surface area contributed by atoms with Crippen molar-refractivity contribution in [3.8, 4) is 0 Å². The molecule has 62 valence electrons. The van der Waals surface area contributed by atoms with Gasteiger partial charge in [-0.05, 0) is 5.92 Å². The summed E-state index contributed by atoms with van der Waals surface area (Å²) in [4.78, 5) is 21.5. The third-order valence-electron chi connectivity index (χ3n) is 2.75. The van der Waals surface area contributed by atoms with Crippen LogP contribution in [0.25, 0.3) is 0 Å². The number of rotatable bonds is 2. The van der Waals surface area contributed by atoms with E-state index in [4.69, 9.17) is 0 Å². The fraction of sp³-hybridized carbons (Fsp3) is 0.750. The maximum absolute atomic E-state index is 11.0. The monoisotopic (exact) mass is 156 g/mol. The first-order valence-electron chi connectivity index (χ1n) is 3.62. The highest BCUT2D eigenvalue weighted by Gasteiger charge is 2.63. The van der Waals surface area contributed by atoms with Gasteiger partial charge in [0.15, 0.2) is 0 Å². The van der Waals surface area contributed by atoms with Crippen molar-refractivity contribution in [1.29, 1.82) is 0 Å². The molecule has 0 spiro atoms. The van der Waals surface area contributed by atoms with Crippen LogP contribution in [0.4, 0.5) is 0 Å². The van der Waals surface area contributed by atoms with Crippen LogP contribution in [0.5, 0.6) is 0 Å². The Morgan fingerprint density at radius 3 is 2.45 bits per heavy atom. The quantitative estimate of drug-likeness (QED) is 0.435. The van der Waals surface area contributed by atoms with Gasteiger partial charge in [0.2, 0.25) is 0 Å². The molecule has 1 aliphatic carbocycles. The standard InChI is InChI=1S/C8H12O3/c1-5-6(7(10)11-3)8(5,2)4-9/h4-6H,1-3H3/t5-,6-,8+/m0/s1. The summed E-state index contributed by atoms with van der Waals surface area (Å²) >= 11 is 0. The molecule has 3 nitrogen and oxygen atoms in total. The molecule has 11 heavy (non-hydrogen) atoms. The van der Waals surface area contributed by atoms with Crippen molar-refractivity contribution < 1.29 is 14.3 Å². The van der Waals surface area contributed by atoms with E-state index in [-0.39, 0.29) is 17.8 Å². The fourth-order valence-electron chi connectivity index (χ4n) is 1.52. The molecule has 0 radical (unpaired) electrons. The van der Waals surface area contributed by atoms with Crippen LogP contribution in [0.3, 0.4) is 0 Å². The first-order valence-corrected chi connectivity index (χ1v) is 3.62. The van der Waals surface area contributed by atoms with Gasteiger partial charge in [0, 0.05) is 5.41 Å². The Kier molecular flexibility index (Phi) is 1.74. The van der Waals surface area contributed by atoms with Crippen LogP contribution in [0.2, 0.25) is 0 Å². The number of esters is 1. The topological polar surface area (TPSA) is 43.4 Å². The zero-order valence-corrected chi connectivity index (χ0v) is 6.96. The second kappa shape index (κ2) is 2.32. The molecule has 1 fully saturated rings. The van der Waals surface area contributed by atoms with Gasteiger partial charge in [-0.2, -0.15) is 0 Å². The molecule has 3 heteroatoms. The normalized spacial score (nSPS) is 41.4. The summed E-state index contributed by atoms with van der Waals surface area (Å²) < 4.78 is 4.54. The summed E-state index contributed by atoms with van der Waals surface area (Å²) in [6.07, 6.45) is 0.846. The Morgan fingerprint density at radius 1 is 1.64 bits per heavy atom. The number of ether oxygens (including phenoxy) is 1. The second-order valence-electron chi connectivity index (χ2n) is 3.27. The lowest BCUT2D eigenvalue weighted by molar-refractivity contribution is -0.143. The predicted octanol–water partition coefficient (Wildman–Crippen LogP) is 0.630. The van der Waals surface area contributed by atoms with E-state index in [1.54, 1.807) is 6.92 Å². The van der Waals surface area contributed by atoms with Gasteiger partial charge in [-0.1, -0.05) is 13.8 Å². The molecule has 0 bridgehead atoms. The summed E-state index contributed by atoms with van der Waals surface area (Å²) in [5.74, 6) is -0.357. The molecule has 0 unspecified atom stereocenters. The van der Waals surface area contributed by atoms with E-state index in [1.165, 1.54) is 7.11 Å². The van der Waals surface area contributed by atoms with Crippen molar-refractivity contribution in [3.63, 3.8) is 0 Å². The lowest BCUT2D eigenvalue weighted by Gasteiger charge is -1.98. The van der Waals surface area contributed by atoms with E-state index < -0.39 is 5.41 Å². The average molecular weight is 156 g/mol. The minimum atomic E-state index is -0.465. The van der Waals surface area contributed by atoms with Crippen molar-refractivity contribution in [2.24, 2.45) is 17.3 Å². The van der Waals surface area contributed by atoms with Crippen molar-refractivity contribution in [2.45, 2.75) is 13.8 Å². The largest absolute Gasteiger partial charge is 0.469 e. The molecular weight excluding hydrogens is 144 g/mol. The molecule has 0 N–H and O–H groups in total. The van der Waals surface area contributed by atoms with Gasteiger partial charge < -0.3 is 9.53 Å². The number of methoxy groups -OCH3 is 1. The first kappa shape index (κ1) is 8.24. The van der Waals surface area contributed by atoms with Crippen LogP contribution in [0, 0.1) is 17.3 Å². The van der Waals surface area contributed by atoms with E-state index >= 15 is 0 Å². The Labute approximate surface area is 65.7 Å². The minimum Gasteiger partial charge on any atom is -0.469 e.